The highest BCUT2D eigenvalue weighted by molar-refractivity contribution is 6.00. The maximum absolute atomic E-state index is 12.9. The SMILES string of the molecule is COc1ccc(Nc2cc(N3CCCC(NC(=O)c4ccc(C(=O)OC(=O)C(F)(F)F)cc4)C3)cn3ncnc23)nc1OC. The third kappa shape index (κ3) is 6.63. The number of nitrogens with zero attached hydrogens (tertiary/aromatic N) is 5. The maximum atomic E-state index is 12.9. The van der Waals surface area contributed by atoms with Crippen molar-refractivity contribution in [1.82, 2.24) is 24.9 Å². The first-order chi connectivity index (χ1) is 21.0. The van der Waals surface area contributed by atoms with E-state index in [0.717, 1.165) is 24.2 Å². The highest BCUT2D eigenvalue weighted by Gasteiger charge is 2.42. The summed E-state index contributed by atoms with van der Waals surface area (Å²) in [6.07, 6.45) is -0.549. The number of anilines is 3. The monoisotopic (exact) mass is 613 g/mol. The molecule has 1 atom stereocenters. The first kappa shape index (κ1) is 30.1. The van der Waals surface area contributed by atoms with Gasteiger partial charge < -0.3 is 29.7 Å². The molecule has 0 radical (unpaired) electrons. The lowest BCUT2D eigenvalue weighted by molar-refractivity contribution is -0.193. The van der Waals surface area contributed by atoms with Crippen LogP contribution < -0.4 is 25.0 Å². The Kier molecular flexibility index (Phi) is 8.50. The van der Waals surface area contributed by atoms with Crippen molar-refractivity contribution in [3.8, 4) is 11.6 Å². The molecule has 3 aromatic heterocycles. The number of carbonyl (C=O) groups excluding carboxylic acids is 3. The molecular formula is C28H26F3N7O6. The molecule has 5 rings (SSSR count). The predicted octanol–water partition coefficient (Wildman–Crippen LogP) is 3.53. The lowest BCUT2D eigenvalue weighted by Crippen LogP contribution is -2.47. The van der Waals surface area contributed by atoms with Crippen molar-refractivity contribution in [3.05, 3.63) is 66.1 Å². The van der Waals surface area contributed by atoms with Crippen molar-refractivity contribution < 1.29 is 41.8 Å². The number of amides is 1. The summed E-state index contributed by atoms with van der Waals surface area (Å²) in [7, 11) is 3.02. The molecule has 16 heteroatoms. The number of pyridine rings is 2. The molecule has 0 bridgehead atoms. The van der Waals surface area contributed by atoms with Crippen LogP contribution in [0.15, 0.2) is 55.0 Å². The molecule has 1 amide bonds. The summed E-state index contributed by atoms with van der Waals surface area (Å²) in [4.78, 5) is 46.6. The molecule has 230 valence electrons. The van der Waals surface area contributed by atoms with Gasteiger partial charge in [-0.15, -0.1) is 0 Å². The van der Waals surface area contributed by atoms with Crippen LogP contribution in [-0.2, 0) is 9.53 Å². The number of halogens is 3. The number of rotatable bonds is 8. The van der Waals surface area contributed by atoms with Gasteiger partial charge in [0.2, 0.25) is 0 Å². The molecule has 1 saturated heterocycles. The summed E-state index contributed by atoms with van der Waals surface area (Å²) in [6, 6.07) is 9.91. The fraction of sp³-hybridized carbons (Fsp3) is 0.286. The zero-order chi connectivity index (χ0) is 31.4. The standard InChI is InChI=1S/C28H26F3N7O6/c1-42-21-9-10-22(36-25(21)43-2)35-20-12-19(14-38-23(20)32-15-33-38)37-11-3-4-18(13-37)34-24(39)16-5-7-17(8-6-16)26(40)44-27(41)28(29,30)31/h5-10,12,14-15,18H,3-4,11,13H2,1-2H3,(H,34,39)(H,35,36). The molecule has 0 aliphatic carbocycles. The third-order valence-corrected chi connectivity index (χ3v) is 6.78. The van der Waals surface area contributed by atoms with Gasteiger partial charge in [-0.2, -0.15) is 23.3 Å². The fourth-order valence-corrected chi connectivity index (χ4v) is 4.67. The average Bonchev–Trinajstić information content (AvgIpc) is 3.50. The molecule has 1 fully saturated rings. The predicted molar refractivity (Wildman–Crippen MR) is 149 cm³/mol. The Balaban J connectivity index is 1.27. The smallest absolute Gasteiger partial charge is 0.491 e. The number of aromatic nitrogens is 4. The third-order valence-electron chi connectivity index (χ3n) is 6.78. The summed E-state index contributed by atoms with van der Waals surface area (Å²) in [5.74, 6) is -3.22. The second-order valence-electron chi connectivity index (χ2n) is 9.68. The molecule has 4 aromatic rings. The second kappa shape index (κ2) is 12.4. The van der Waals surface area contributed by atoms with E-state index in [0.29, 0.717) is 48.3 Å². The van der Waals surface area contributed by atoms with E-state index in [-0.39, 0.29) is 17.2 Å². The van der Waals surface area contributed by atoms with Crippen LogP contribution in [0.5, 0.6) is 11.6 Å². The molecule has 0 spiro atoms. The Morgan fingerprint density at radius 3 is 2.48 bits per heavy atom. The van der Waals surface area contributed by atoms with Crippen LogP contribution in [-0.4, -0.2) is 77.0 Å². The van der Waals surface area contributed by atoms with E-state index in [1.807, 2.05) is 12.3 Å². The van der Waals surface area contributed by atoms with E-state index in [2.05, 4.69) is 35.3 Å². The Labute approximate surface area is 247 Å². The lowest BCUT2D eigenvalue weighted by Gasteiger charge is -2.35. The maximum Gasteiger partial charge on any atom is 0.491 e. The van der Waals surface area contributed by atoms with Gasteiger partial charge in [-0.25, -0.2) is 19.1 Å². The number of carbonyl (C=O) groups is 3. The van der Waals surface area contributed by atoms with Gasteiger partial charge in [0, 0.05) is 24.7 Å². The van der Waals surface area contributed by atoms with Crippen LogP contribution in [0.1, 0.15) is 33.6 Å². The van der Waals surface area contributed by atoms with E-state index in [1.54, 1.807) is 16.6 Å². The summed E-state index contributed by atoms with van der Waals surface area (Å²) in [5.41, 5.74) is 1.91. The summed E-state index contributed by atoms with van der Waals surface area (Å²) < 4.78 is 53.1. The first-order valence-corrected chi connectivity index (χ1v) is 13.2. The van der Waals surface area contributed by atoms with E-state index < -0.39 is 24.0 Å². The van der Waals surface area contributed by atoms with Gasteiger partial charge in [0.25, 0.3) is 11.8 Å². The summed E-state index contributed by atoms with van der Waals surface area (Å²) in [6.45, 7) is 1.19. The second-order valence-corrected chi connectivity index (χ2v) is 9.68. The molecule has 1 unspecified atom stereocenters. The van der Waals surface area contributed by atoms with Crippen molar-refractivity contribution in [1.29, 1.82) is 0 Å². The van der Waals surface area contributed by atoms with Gasteiger partial charge in [-0.1, -0.05) is 0 Å². The molecule has 0 saturated carbocycles. The van der Waals surface area contributed by atoms with Gasteiger partial charge in [0.1, 0.15) is 12.1 Å². The van der Waals surface area contributed by atoms with Crippen LogP contribution in [0, 0.1) is 0 Å². The molecule has 1 aliphatic rings. The van der Waals surface area contributed by atoms with Crippen molar-refractivity contribution in [2.75, 3.05) is 37.5 Å². The topological polar surface area (TPSA) is 149 Å². The quantitative estimate of drug-likeness (QED) is 0.222. The van der Waals surface area contributed by atoms with E-state index in [9.17, 15) is 27.6 Å². The van der Waals surface area contributed by atoms with Crippen molar-refractivity contribution in [3.63, 3.8) is 0 Å². The Hall–Kier alpha value is -5.41. The van der Waals surface area contributed by atoms with Gasteiger partial charge in [-0.05, 0) is 55.3 Å². The van der Waals surface area contributed by atoms with Gasteiger partial charge in [-0.3, -0.25) is 4.79 Å². The lowest BCUT2D eigenvalue weighted by atomic mass is 10.0. The first-order valence-electron chi connectivity index (χ1n) is 13.2. The van der Waals surface area contributed by atoms with E-state index in [4.69, 9.17) is 9.47 Å². The Bertz CT molecular complexity index is 1690. The summed E-state index contributed by atoms with van der Waals surface area (Å²) in [5, 5.41) is 10.5. The van der Waals surface area contributed by atoms with E-state index in [1.165, 1.54) is 32.7 Å². The number of hydrogen-bond donors (Lipinski definition) is 2. The summed E-state index contributed by atoms with van der Waals surface area (Å²) >= 11 is 0. The number of alkyl halides is 3. The average molecular weight is 614 g/mol. The normalized spacial score (nSPS) is 15.0. The van der Waals surface area contributed by atoms with Crippen molar-refractivity contribution >= 4 is 40.7 Å². The molecule has 4 heterocycles. The van der Waals surface area contributed by atoms with Crippen LogP contribution >= 0.6 is 0 Å². The Morgan fingerprint density at radius 1 is 1.02 bits per heavy atom. The molecular weight excluding hydrogens is 587 g/mol. The number of esters is 2. The number of ether oxygens (including phenoxy) is 3. The van der Waals surface area contributed by atoms with E-state index >= 15 is 0 Å². The highest BCUT2D eigenvalue weighted by Crippen LogP contribution is 2.31. The number of benzene rings is 1. The van der Waals surface area contributed by atoms with Crippen molar-refractivity contribution in [2.45, 2.75) is 25.1 Å². The number of hydrogen-bond acceptors (Lipinski definition) is 11. The molecule has 2 N–H and O–H groups in total. The fourth-order valence-electron chi connectivity index (χ4n) is 4.67. The zero-order valence-corrected chi connectivity index (χ0v) is 23.4. The largest absolute Gasteiger partial charge is 0.491 e. The van der Waals surface area contributed by atoms with Crippen LogP contribution in [0.4, 0.5) is 30.4 Å². The molecule has 13 nitrogen and oxygen atoms in total. The van der Waals surface area contributed by atoms with Gasteiger partial charge in [0.05, 0.1) is 37.4 Å². The number of fused-ring (bicyclic) bond motifs is 1. The van der Waals surface area contributed by atoms with Gasteiger partial charge in [0.15, 0.2) is 11.4 Å². The Morgan fingerprint density at radius 2 is 1.77 bits per heavy atom. The van der Waals surface area contributed by atoms with Crippen molar-refractivity contribution in [2.24, 2.45) is 0 Å². The van der Waals surface area contributed by atoms with Crippen LogP contribution in [0.25, 0.3) is 5.65 Å². The van der Waals surface area contributed by atoms with Crippen LogP contribution in [0.3, 0.4) is 0 Å². The number of piperidine rings is 1. The molecule has 1 aromatic carbocycles. The highest BCUT2D eigenvalue weighted by atomic mass is 19.4. The molecule has 44 heavy (non-hydrogen) atoms. The molecule has 1 aliphatic heterocycles. The minimum absolute atomic E-state index is 0.179. The minimum atomic E-state index is -5.30. The van der Waals surface area contributed by atoms with Gasteiger partial charge >= 0.3 is 18.1 Å². The minimum Gasteiger partial charge on any atom is -0.491 e. The number of nitrogens with one attached hydrogen (secondary N) is 2. The zero-order valence-electron chi connectivity index (χ0n) is 23.4. The number of methoxy groups -OCH3 is 2. The van der Waals surface area contributed by atoms with Crippen LogP contribution in [0.2, 0.25) is 0 Å².